The van der Waals surface area contributed by atoms with Crippen LogP contribution in [0.15, 0.2) is 36.4 Å². The third-order valence-electron chi connectivity index (χ3n) is 3.38. The molecule has 0 bridgehead atoms. The molecule has 0 aromatic heterocycles. The molecular weight excluding hydrogens is 258 g/mol. The summed E-state index contributed by atoms with van der Waals surface area (Å²) in [5.74, 6) is 0.792. The van der Waals surface area contributed by atoms with Crippen LogP contribution >= 0.6 is 11.6 Å². The van der Waals surface area contributed by atoms with Crippen molar-refractivity contribution in [2.45, 2.75) is 19.4 Å². The topological polar surface area (TPSA) is 13.6 Å². The number of hydrogen-bond donors (Lipinski definition) is 0. The third-order valence-corrected chi connectivity index (χ3v) is 3.61. The summed E-state index contributed by atoms with van der Waals surface area (Å²) in [4.78, 5) is 3.49. The van der Waals surface area contributed by atoms with Gasteiger partial charge in [0.25, 0.3) is 0 Å². The second-order valence-electron chi connectivity index (χ2n) is 5.09. The van der Waals surface area contributed by atoms with Gasteiger partial charge in [0.05, 0.1) is 6.57 Å². The Hall–Kier alpha value is -1.98. The normalized spacial score (nSPS) is 14.8. The molecule has 0 aliphatic carbocycles. The number of hydrogen-bond acceptors (Lipinski definition) is 1. The van der Waals surface area contributed by atoms with E-state index in [4.69, 9.17) is 22.9 Å². The van der Waals surface area contributed by atoms with Crippen molar-refractivity contribution in [3.05, 3.63) is 58.4 Å². The van der Waals surface area contributed by atoms with Crippen LogP contribution in [0.2, 0.25) is 5.02 Å². The maximum atomic E-state index is 7.13. The summed E-state index contributed by atoms with van der Waals surface area (Å²) in [5, 5.41) is 0.663. The second kappa shape index (κ2) is 4.01. The van der Waals surface area contributed by atoms with E-state index in [1.54, 1.807) is 0 Å². The number of halogens is 1. The Labute approximate surface area is 117 Å². The quantitative estimate of drug-likeness (QED) is 0.601. The van der Waals surface area contributed by atoms with E-state index in [1.807, 2.05) is 50.2 Å². The van der Waals surface area contributed by atoms with Gasteiger partial charge in [-0.25, -0.2) is 4.85 Å². The molecule has 19 heavy (non-hydrogen) atoms. The monoisotopic (exact) mass is 269 g/mol. The highest BCUT2D eigenvalue weighted by molar-refractivity contribution is 6.30. The van der Waals surface area contributed by atoms with E-state index in [9.17, 15) is 0 Å². The Kier molecular flexibility index (Phi) is 2.55. The first-order chi connectivity index (χ1) is 9.01. The largest absolute Gasteiger partial charge is 0.482 e. The molecule has 2 aromatic carbocycles. The molecular formula is C16H12ClNO. The molecule has 0 spiro atoms. The van der Waals surface area contributed by atoms with Gasteiger partial charge >= 0.3 is 0 Å². The van der Waals surface area contributed by atoms with Gasteiger partial charge in [-0.2, -0.15) is 0 Å². The summed E-state index contributed by atoms with van der Waals surface area (Å²) >= 11 is 6.02. The van der Waals surface area contributed by atoms with Crippen LogP contribution in [-0.4, -0.2) is 0 Å². The van der Waals surface area contributed by atoms with Crippen molar-refractivity contribution in [2.75, 3.05) is 0 Å². The Balaban J connectivity index is 2.31. The van der Waals surface area contributed by atoms with Gasteiger partial charge in [-0.15, -0.1) is 0 Å². The minimum Gasteiger partial charge on any atom is -0.482 e. The number of nitrogens with zero attached hydrogens (tertiary/aromatic N) is 1. The van der Waals surface area contributed by atoms with Crippen LogP contribution in [0.25, 0.3) is 16.0 Å². The van der Waals surface area contributed by atoms with E-state index in [1.165, 1.54) is 0 Å². The lowest BCUT2D eigenvalue weighted by Crippen LogP contribution is -2.29. The fraction of sp³-hybridized carbons (Fsp3) is 0.188. The lowest BCUT2D eigenvalue weighted by molar-refractivity contribution is 0.106. The van der Waals surface area contributed by atoms with Gasteiger partial charge in [0, 0.05) is 10.6 Å². The Morgan fingerprint density at radius 2 is 1.84 bits per heavy atom. The lowest BCUT2D eigenvalue weighted by Gasteiger charge is -2.35. The second-order valence-corrected chi connectivity index (χ2v) is 5.53. The molecule has 0 saturated carbocycles. The Bertz CT molecular complexity index is 713. The molecule has 0 atom stereocenters. The molecule has 0 radical (unpaired) electrons. The molecule has 0 unspecified atom stereocenters. The smallest absolute Gasteiger partial charge is 0.187 e. The van der Waals surface area contributed by atoms with Crippen LogP contribution in [0.3, 0.4) is 0 Å². The van der Waals surface area contributed by atoms with Gasteiger partial charge in [0.2, 0.25) is 0 Å². The highest BCUT2D eigenvalue weighted by Crippen LogP contribution is 2.46. The molecule has 1 aliphatic heterocycles. The zero-order valence-corrected chi connectivity index (χ0v) is 11.5. The van der Waals surface area contributed by atoms with E-state index >= 15 is 0 Å². The third kappa shape index (κ3) is 1.87. The molecule has 0 fully saturated rings. The molecule has 2 nitrogen and oxygen atoms in total. The molecule has 0 amide bonds. The average Bonchev–Trinajstić information content (AvgIpc) is 2.37. The first kappa shape index (κ1) is 12.1. The lowest BCUT2D eigenvalue weighted by atomic mass is 9.86. The van der Waals surface area contributed by atoms with E-state index in [0.29, 0.717) is 10.7 Å². The van der Waals surface area contributed by atoms with Crippen molar-refractivity contribution in [1.29, 1.82) is 0 Å². The Morgan fingerprint density at radius 3 is 2.58 bits per heavy atom. The van der Waals surface area contributed by atoms with Crippen molar-refractivity contribution in [2.24, 2.45) is 0 Å². The standard InChI is InChI=1S/C16H12ClNO/c1-16(2)14-9-11(18-3)5-7-12(14)13-6-4-10(17)8-15(13)19-16/h4-9H,1-2H3. The van der Waals surface area contributed by atoms with Gasteiger partial charge in [-0.3, -0.25) is 0 Å². The summed E-state index contributed by atoms with van der Waals surface area (Å²) in [6, 6.07) is 11.4. The molecule has 1 aliphatic rings. The minimum absolute atomic E-state index is 0.465. The summed E-state index contributed by atoms with van der Waals surface area (Å²) in [7, 11) is 0. The molecule has 94 valence electrons. The van der Waals surface area contributed by atoms with Crippen molar-refractivity contribution in [3.8, 4) is 16.9 Å². The number of ether oxygens (including phenoxy) is 1. The maximum Gasteiger partial charge on any atom is 0.187 e. The maximum absolute atomic E-state index is 7.13. The Morgan fingerprint density at radius 1 is 1.11 bits per heavy atom. The predicted octanol–water partition coefficient (Wildman–Crippen LogP) is 5.19. The average molecular weight is 270 g/mol. The van der Waals surface area contributed by atoms with Crippen LogP contribution < -0.4 is 4.74 Å². The van der Waals surface area contributed by atoms with Gasteiger partial charge in [-0.1, -0.05) is 23.7 Å². The van der Waals surface area contributed by atoms with Gasteiger partial charge in [0.1, 0.15) is 11.4 Å². The van der Waals surface area contributed by atoms with Crippen molar-refractivity contribution in [3.63, 3.8) is 0 Å². The number of benzene rings is 2. The van der Waals surface area contributed by atoms with E-state index in [0.717, 1.165) is 22.4 Å². The fourth-order valence-electron chi connectivity index (χ4n) is 2.47. The summed E-state index contributed by atoms with van der Waals surface area (Å²) in [5.41, 5.74) is 3.34. The van der Waals surface area contributed by atoms with Crippen LogP contribution in [0.4, 0.5) is 5.69 Å². The van der Waals surface area contributed by atoms with Crippen molar-refractivity contribution < 1.29 is 4.74 Å². The van der Waals surface area contributed by atoms with Gasteiger partial charge in [-0.05, 0) is 49.2 Å². The molecule has 1 heterocycles. The molecule has 2 aromatic rings. The summed E-state index contributed by atoms with van der Waals surface area (Å²) < 4.78 is 6.04. The van der Waals surface area contributed by atoms with E-state index in [-0.39, 0.29) is 0 Å². The van der Waals surface area contributed by atoms with Crippen molar-refractivity contribution in [1.82, 2.24) is 0 Å². The SMILES string of the molecule is [C-]#[N+]c1ccc2c(c1)C(C)(C)Oc1cc(Cl)ccc1-2. The zero-order chi connectivity index (χ0) is 13.6. The van der Waals surface area contributed by atoms with E-state index < -0.39 is 5.60 Å². The van der Waals surface area contributed by atoms with Gasteiger partial charge < -0.3 is 4.74 Å². The van der Waals surface area contributed by atoms with Crippen molar-refractivity contribution >= 4 is 17.3 Å². The predicted molar refractivity (Wildman–Crippen MR) is 76.8 cm³/mol. The van der Waals surface area contributed by atoms with Crippen LogP contribution in [0, 0.1) is 6.57 Å². The van der Waals surface area contributed by atoms with Crippen LogP contribution in [-0.2, 0) is 5.60 Å². The molecule has 3 rings (SSSR count). The zero-order valence-electron chi connectivity index (χ0n) is 10.7. The number of fused-ring (bicyclic) bond motifs is 3. The van der Waals surface area contributed by atoms with Gasteiger partial charge in [0.15, 0.2) is 5.69 Å². The highest BCUT2D eigenvalue weighted by Gasteiger charge is 2.32. The van der Waals surface area contributed by atoms with Crippen LogP contribution in [0.1, 0.15) is 19.4 Å². The summed E-state index contributed by atoms with van der Waals surface area (Å²) in [6.45, 7) is 11.1. The minimum atomic E-state index is -0.465. The number of rotatable bonds is 0. The molecule has 3 heteroatoms. The molecule has 0 N–H and O–H groups in total. The first-order valence-corrected chi connectivity index (χ1v) is 6.40. The highest BCUT2D eigenvalue weighted by atomic mass is 35.5. The molecule has 0 saturated heterocycles. The van der Waals surface area contributed by atoms with E-state index in [2.05, 4.69) is 4.85 Å². The fourth-order valence-corrected chi connectivity index (χ4v) is 2.63. The first-order valence-electron chi connectivity index (χ1n) is 6.02. The summed E-state index contributed by atoms with van der Waals surface area (Å²) in [6.07, 6.45) is 0. The van der Waals surface area contributed by atoms with Crippen LogP contribution in [0.5, 0.6) is 5.75 Å².